The normalized spacial score (nSPS) is 11.2. The SMILES string of the molecule is Cc1nccn1-c1cccc(C(=O)CC(=O)Nc2cc(-c3ccc(F)cc3F)ccc2NC(=O)OC(C)(C)C)c1. The van der Waals surface area contributed by atoms with Crippen LogP contribution >= 0.6 is 0 Å². The molecule has 10 heteroatoms. The number of ketones is 1. The van der Waals surface area contributed by atoms with Gasteiger partial charge in [0.1, 0.15) is 23.1 Å². The molecule has 0 unspecified atom stereocenters. The van der Waals surface area contributed by atoms with Gasteiger partial charge in [-0.2, -0.15) is 0 Å². The first-order valence-corrected chi connectivity index (χ1v) is 12.4. The van der Waals surface area contributed by atoms with Gasteiger partial charge in [0.2, 0.25) is 5.91 Å². The van der Waals surface area contributed by atoms with E-state index < -0.39 is 41.4 Å². The number of carbonyl (C=O) groups excluding carboxylic acids is 3. The molecule has 4 aromatic rings. The molecule has 0 fully saturated rings. The summed E-state index contributed by atoms with van der Waals surface area (Å²) in [6.07, 6.45) is 2.15. The first kappa shape index (κ1) is 28.2. The number of hydrogen-bond acceptors (Lipinski definition) is 5. The van der Waals surface area contributed by atoms with E-state index in [1.54, 1.807) is 51.4 Å². The lowest BCUT2D eigenvalue weighted by molar-refractivity contribution is -0.115. The second-order valence-electron chi connectivity index (χ2n) is 10.1. The molecule has 2 amide bonds. The van der Waals surface area contributed by atoms with Crippen LogP contribution in [0.4, 0.5) is 25.0 Å². The highest BCUT2D eigenvalue weighted by Gasteiger charge is 2.20. The van der Waals surface area contributed by atoms with Gasteiger partial charge in [0.25, 0.3) is 0 Å². The molecule has 0 spiro atoms. The van der Waals surface area contributed by atoms with Gasteiger partial charge in [-0.05, 0) is 69.7 Å². The molecule has 8 nitrogen and oxygen atoms in total. The number of carbonyl (C=O) groups is 3. The summed E-state index contributed by atoms with van der Waals surface area (Å²) in [5.74, 6) is -1.88. The smallest absolute Gasteiger partial charge is 0.412 e. The second kappa shape index (κ2) is 11.5. The Hall–Kier alpha value is -4.86. The number of anilines is 2. The summed E-state index contributed by atoms with van der Waals surface area (Å²) in [4.78, 5) is 42.6. The fraction of sp³-hybridized carbons (Fsp3) is 0.200. The summed E-state index contributed by atoms with van der Waals surface area (Å²) in [7, 11) is 0. The third-order valence-corrected chi connectivity index (χ3v) is 5.76. The monoisotopic (exact) mass is 546 g/mol. The molecule has 0 atom stereocenters. The van der Waals surface area contributed by atoms with Crippen LogP contribution in [0.3, 0.4) is 0 Å². The third kappa shape index (κ3) is 6.96. The highest BCUT2D eigenvalue weighted by Crippen LogP contribution is 2.31. The summed E-state index contributed by atoms with van der Waals surface area (Å²) in [5, 5.41) is 5.19. The van der Waals surface area contributed by atoms with Crippen molar-refractivity contribution < 1.29 is 27.9 Å². The maximum atomic E-state index is 14.5. The van der Waals surface area contributed by atoms with E-state index in [4.69, 9.17) is 4.74 Å². The number of aryl methyl sites for hydroxylation is 1. The molecule has 0 bridgehead atoms. The molecule has 3 aromatic carbocycles. The Morgan fingerprint density at radius 3 is 2.40 bits per heavy atom. The van der Waals surface area contributed by atoms with E-state index >= 15 is 0 Å². The van der Waals surface area contributed by atoms with Crippen molar-refractivity contribution in [3.63, 3.8) is 0 Å². The minimum Gasteiger partial charge on any atom is -0.444 e. The third-order valence-electron chi connectivity index (χ3n) is 5.76. The first-order valence-electron chi connectivity index (χ1n) is 12.4. The number of ether oxygens (including phenoxy) is 1. The standard InChI is InChI=1S/C30H28F2N4O4/c1-18-33-12-13-36(18)22-7-5-6-20(14-22)27(37)17-28(38)34-26-15-19(23-10-9-21(31)16-24(23)32)8-11-25(26)35-29(39)40-30(2,3)4/h5-16H,17H2,1-4H3,(H,34,38)(H,35,39). The first-order chi connectivity index (χ1) is 18.9. The lowest BCUT2D eigenvalue weighted by Gasteiger charge is -2.21. The van der Waals surface area contributed by atoms with Gasteiger partial charge in [0, 0.05) is 35.3 Å². The van der Waals surface area contributed by atoms with Crippen molar-refractivity contribution >= 4 is 29.2 Å². The van der Waals surface area contributed by atoms with E-state index in [2.05, 4.69) is 15.6 Å². The van der Waals surface area contributed by atoms with Crippen molar-refractivity contribution in [1.29, 1.82) is 0 Å². The van der Waals surface area contributed by atoms with Crippen LogP contribution in [-0.2, 0) is 9.53 Å². The molecule has 0 saturated carbocycles. The van der Waals surface area contributed by atoms with Crippen LogP contribution in [0.1, 0.15) is 43.4 Å². The number of aromatic nitrogens is 2. The molecule has 0 saturated heterocycles. The summed E-state index contributed by atoms with van der Waals surface area (Å²) < 4.78 is 35.0. The number of amides is 2. The molecule has 206 valence electrons. The molecule has 1 aromatic heterocycles. The van der Waals surface area contributed by atoms with Crippen LogP contribution in [0.25, 0.3) is 16.8 Å². The lowest BCUT2D eigenvalue weighted by Crippen LogP contribution is -2.27. The van der Waals surface area contributed by atoms with Gasteiger partial charge >= 0.3 is 6.09 Å². The van der Waals surface area contributed by atoms with E-state index in [9.17, 15) is 23.2 Å². The van der Waals surface area contributed by atoms with Crippen molar-refractivity contribution in [1.82, 2.24) is 9.55 Å². The van der Waals surface area contributed by atoms with E-state index in [-0.39, 0.29) is 16.9 Å². The number of hydrogen-bond donors (Lipinski definition) is 2. The molecule has 2 N–H and O–H groups in total. The average Bonchev–Trinajstić information content (AvgIpc) is 3.30. The lowest BCUT2D eigenvalue weighted by atomic mass is 10.0. The Kier molecular flexibility index (Phi) is 8.08. The number of imidazole rings is 1. The summed E-state index contributed by atoms with van der Waals surface area (Å²) in [5.41, 5.74) is 0.947. The van der Waals surface area contributed by atoms with Gasteiger partial charge in [0.05, 0.1) is 17.8 Å². The van der Waals surface area contributed by atoms with Crippen LogP contribution in [0, 0.1) is 18.6 Å². The predicted molar refractivity (Wildman–Crippen MR) is 148 cm³/mol. The van der Waals surface area contributed by atoms with Gasteiger partial charge in [-0.25, -0.2) is 18.6 Å². The van der Waals surface area contributed by atoms with E-state index in [0.29, 0.717) is 11.1 Å². The van der Waals surface area contributed by atoms with Crippen LogP contribution in [-0.4, -0.2) is 32.9 Å². The van der Waals surface area contributed by atoms with Gasteiger partial charge in [0.15, 0.2) is 5.78 Å². The summed E-state index contributed by atoms with van der Waals surface area (Å²) in [6, 6.07) is 14.3. The number of nitrogens with zero attached hydrogens (tertiary/aromatic N) is 2. The molecule has 1 heterocycles. The van der Waals surface area contributed by atoms with E-state index in [0.717, 1.165) is 23.6 Å². The zero-order valence-electron chi connectivity index (χ0n) is 22.4. The highest BCUT2D eigenvalue weighted by molar-refractivity contribution is 6.12. The summed E-state index contributed by atoms with van der Waals surface area (Å²) in [6.45, 7) is 6.93. The van der Waals surface area contributed by atoms with Crippen molar-refractivity contribution in [2.45, 2.75) is 39.7 Å². The number of halogens is 2. The van der Waals surface area contributed by atoms with Gasteiger partial charge < -0.3 is 14.6 Å². The highest BCUT2D eigenvalue weighted by atomic mass is 19.1. The minimum atomic E-state index is -0.798. The Labute approximate surface area is 230 Å². The van der Waals surface area contributed by atoms with Crippen molar-refractivity contribution in [2.24, 2.45) is 0 Å². The van der Waals surface area contributed by atoms with Gasteiger partial charge in [-0.1, -0.05) is 18.2 Å². The van der Waals surface area contributed by atoms with Crippen LogP contribution < -0.4 is 10.6 Å². The topological polar surface area (TPSA) is 102 Å². The minimum absolute atomic E-state index is 0.0865. The number of rotatable bonds is 7. The molecule has 0 aliphatic heterocycles. The quantitative estimate of drug-likeness (QED) is 0.199. The fourth-order valence-corrected chi connectivity index (χ4v) is 3.98. The molecule has 0 aliphatic carbocycles. The second-order valence-corrected chi connectivity index (χ2v) is 10.1. The molecular formula is C30H28F2N4O4. The fourth-order valence-electron chi connectivity index (χ4n) is 3.98. The van der Waals surface area contributed by atoms with E-state index in [1.807, 2.05) is 17.6 Å². The van der Waals surface area contributed by atoms with Crippen molar-refractivity contribution in [3.8, 4) is 16.8 Å². The molecular weight excluding hydrogens is 518 g/mol. The zero-order chi connectivity index (χ0) is 29.0. The Morgan fingerprint density at radius 1 is 0.950 bits per heavy atom. The maximum Gasteiger partial charge on any atom is 0.412 e. The largest absolute Gasteiger partial charge is 0.444 e. The Balaban J connectivity index is 1.58. The van der Waals surface area contributed by atoms with Crippen molar-refractivity contribution in [3.05, 3.63) is 96.1 Å². The van der Waals surface area contributed by atoms with Gasteiger partial charge in [-0.15, -0.1) is 0 Å². The number of benzene rings is 3. The maximum absolute atomic E-state index is 14.5. The zero-order valence-corrected chi connectivity index (χ0v) is 22.4. The molecule has 4 rings (SSSR count). The molecule has 40 heavy (non-hydrogen) atoms. The molecule has 0 aliphatic rings. The average molecular weight is 547 g/mol. The van der Waals surface area contributed by atoms with Gasteiger partial charge in [-0.3, -0.25) is 14.9 Å². The van der Waals surface area contributed by atoms with Crippen LogP contribution in [0.15, 0.2) is 73.1 Å². The molecule has 0 radical (unpaired) electrons. The number of nitrogens with one attached hydrogen (secondary N) is 2. The predicted octanol–water partition coefficient (Wildman–Crippen LogP) is 6.68. The number of Topliss-reactive ketones (excluding diaryl/α,β-unsaturated/α-hetero) is 1. The summed E-state index contributed by atoms with van der Waals surface area (Å²) >= 11 is 0. The van der Waals surface area contributed by atoms with Crippen LogP contribution in [0.5, 0.6) is 0 Å². The van der Waals surface area contributed by atoms with Crippen molar-refractivity contribution in [2.75, 3.05) is 10.6 Å². The Morgan fingerprint density at radius 2 is 1.73 bits per heavy atom. The Bertz CT molecular complexity index is 1590. The van der Waals surface area contributed by atoms with E-state index in [1.165, 1.54) is 24.3 Å². The van der Waals surface area contributed by atoms with Crippen LogP contribution in [0.2, 0.25) is 0 Å².